The number of nitrogens with zero attached hydrogens (tertiary/aromatic N) is 1. The number of carbonyl (C=O) groups is 1. The van der Waals surface area contributed by atoms with Crippen LogP contribution in [-0.4, -0.2) is 29.3 Å². The van der Waals surface area contributed by atoms with E-state index in [1.54, 1.807) is 0 Å². The van der Waals surface area contributed by atoms with Crippen LogP contribution >= 0.6 is 0 Å². The maximum atomic E-state index is 12.8. The Morgan fingerprint density at radius 1 is 1.07 bits per heavy atom. The van der Waals surface area contributed by atoms with Crippen molar-refractivity contribution in [2.45, 2.75) is 40.2 Å². The smallest absolute Gasteiger partial charge is 0.226 e. The summed E-state index contributed by atoms with van der Waals surface area (Å²) in [6, 6.07) is 13.5. The molecule has 0 saturated carbocycles. The first-order valence-electron chi connectivity index (χ1n) is 10.1. The predicted molar refractivity (Wildman–Crippen MR) is 114 cm³/mol. The van der Waals surface area contributed by atoms with Crippen molar-refractivity contribution in [1.82, 2.24) is 15.5 Å². The number of benzene rings is 2. The highest BCUT2D eigenvalue weighted by atomic mass is 16.5. The van der Waals surface area contributed by atoms with Crippen LogP contribution in [0.5, 0.6) is 11.5 Å². The lowest BCUT2D eigenvalue weighted by atomic mass is 9.95. The van der Waals surface area contributed by atoms with Crippen LogP contribution in [0.4, 0.5) is 0 Å². The highest BCUT2D eigenvalue weighted by Crippen LogP contribution is 2.33. The summed E-state index contributed by atoms with van der Waals surface area (Å²) in [5.74, 6) is 1.58. The maximum Gasteiger partial charge on any atom is 0.226 e. The third-order valence-corrected chi connectivity index (χ3v) is 4.79. The Hall–Kier alpha value is -3.02. The Bertz CT molecular complexity index is 965. The van der Waals surface area contributed by atoms with E-state index in [0.29, 0.717) is 19.0 Å². The number of rotatable bonds is 9. The van der Waals surface area contributed by atoms with Crippen LogP contribution in [-0.2, 0) is 11.2 Å². The standard InChI is InChI=1S/C23H29N3O3/c1-5-28-20-12-11-16(13-21(20)29-6-2)23(15(3)4)24-22(27)14-19-17-9-7-8-10-18(17)25-26-19/h7-13,15,23H,5-6,14H2,1-4H3,(H,24,27)(H,25,26). The van der Waals surface area contributed by atoms with Gasteiger partial charge < -0.3 is 14.8 Å². The van der Waals surface area contributed by atoms with Crippen molar-refractivity contribution < 1.29 is 14.3 Å². The average Bonchev–Trinajstić information content (AvgIpc) is 3.10. The van der Waals surface area contributed by atoms with E-state index >= 15 is 0 Å². The Labute approximate surface area is 171 Å². The predicted octanol–water partition coefficient (Wildman–Crippen LogP) is 4.42. The van der Waals surface area contributed by atoms with E-state index in [0.717, 1.165) is 27.9 Å². The molecule has 1 atom stereocenters. The van der Waals surface area contributed by atoms with Gasteiger partial charge in [0.15, 0.2) is 11.5 Å². The van der Waals surface area contributed by atoms with Gasteiger partial charge in [-0.2, -0.15) is 5.10 Å². The molecule has 0 spiro atoms. The third kappa shape index (κ3) is 4.88. The molecule has 3 rings (SSSR count). The van der Waals surface area contributed by atoms with Gasteiger partial charge in [-0.15, -0.1) is 0 Å². The molecule has 3 aromatic rings. The van der Waals surface area contributed by atoms with Gasteiger partial charge in [0.2, 0.25) is 5.91 Å². The molecule has 0 radical (unpaired) electrons. The summed E-state index contributed by atoms with van der Waals surface area (Å²) in [5, 5.41) is 11.4. The molecule has 2 aromatic carbocycles. The molecule has 0 aliphatic rings. The molecule has 154 valence electrons. The van der Waals surface area contributed by atoms with E-state index < -0.39 is 0 Å². The quantitative estimate of drug-likeness (QED) is 0.562. The zero-order valence-corrected chi connectivity index (χ0v) is 17.5. The lowest BCUT2D eigenvalue weighted by Crippen LogP contribution is -2.33. The fourth-order valence-electron chi connectivity index (χ4n) is 3.43. The molecule has 0 aliphatic heterocycles. The molecule has 6 nitrogen and oxygen atoms in total. The second-order valence-corrected chi connectivity index (χ2v) is 7.26. The van der Waals surface area contributed by atoms with E-state index in [9.17, 15) is 4.79 Å². The lowest BCUT2D eigenvalue weighted by molar-refractivity contribution is -0.121. The monoisotopic (exact) mass is 395 g/mol. The SMILES string of the molecule is CCOc1ccc(C(NC(=O)Cc2[nH]nc3ccccc23)C(C)C)cc1OCC. The van der Waals surface area contributed by atoms with Gasteiger partial charge in [-0.25, -0.2) is 0 Å². The summed E-state index contributed by atoms with van der Waals surface area (Å²) in [6.45, 7) is 9.19. The first kappa shape index (κ1) is 20.7. The minimum atomic E-state index is -0.133. The highest BCUT2D eigenvalue weighted by Gasteiger charge is 2.21. The summed E-state index contributed by atoms with van der Waals surface area (Å²) >= 11 is 0. The Kier molecular flexibility index (Phi) is 6.75. The number of H-pyrrole nitrogens is 1. The number of hydrogen-bond acceptors (Lipinski definition) is 4. The number of nitrogens with one attached hydrogen (secondary N) is 2. The number of para-hydroxylation sites is 1. The normalized spacial score (nSPS) is 12.2. The van der Waals surface area contributed by atoms with Gasteiger partial charge in [0.05, 0.1) is 36.9 Å². The van der Waals surface area contributed by atoms with Crippen LogP contribution in [0.1, 0.15) is 45.0 Å². The molecule has 1 heterocycles. The van der Waals surface area contributed by atoms with Crippen LogP contribution in [0.15, 0.2) is 42.5 Å². The number of hydrogen-bond donors (Lipinski definition) is 2. The van der Waals surface area contributed by atoms with Crippen LogP contribution in [0, 0.1) is 5.92 Å². The minimum Gasteiger partial charge on any atom is -0.490 e. The molecular weight excluding hydrogens is 366 g/mol. The van der Waals surface area contributed by atoms with Crippen LogP contribution in [0.3, 0.4) is 0 Å². The van der Waals surface area contributed by atoms with Gasteiger partial charge in [0, 0.05) is 5.39 Å². The summed E-state index contributed by atoms with van der Waals surface area (Å²) in [7, 11) is 0. The molecular formula is C23H29N3O3. The van der Waals surface area contributed by atoms with Gasteiger partial charge in [-0.1, -0.05) is 38.1 Å². The van der Waals surface area contributed by atoms with Crippen molar-refractivity contribution in [3.05, 3.63) is 53.7 Å². The fraction of sp³-hybridized carbons (Fsp3) is 0.391. The van der Waals surface area contributed by atoms with E-state index in [2.05, 4.69) is 29.4 Å². The van der Waals surface area contributed by atoms with Crippen molar-refractivity contribution in [1.29, 1.82) is 0 Å². The topological polar surface area (TPSA) is 76.2 Å². The number of fused-ring (bicyclic) bond motifs is 1. The van der Waals surface area contributed by atoms with Gasteiger partial charge in [0.25, 0.3) is 0 Å². The Morgan fingerprint density at radius 3 is 2.52 bits per heavy atom. The zero-order chi connectivity index (χ0) is 20.8. The van der Waals surface area contributed by atoms with Gasteiger partial charge in [0.1, 0.15) is 0 Å². The van der Waals surface area contributed by atoms with Crippen molar-refractivity contribution in [2.24, 2.45) is 5.92 Å². The molecule has 0 fully saturated rings. The first-order valence-corrected chi connectivity index (χ1v) is 10.1. The Morgan fingerprint density at radius 2 is 1.79 bits per heavy atom. The van der Waals surface area contributed by atoms with Crippen LogP contribution < -0.4 is 14.8 Å². The van der Waals surface area contributed by atoms with Gasteiger partial charge in [-0.05, 0) is 43.5 Å². The van der Waals surface area contributed by atoms with Crippen molar-refractivity contribution >= 4 is 16.8 Å². The van der Waals surface area contributed by atoms with Crippen LogP contribution in [0.25, 0.3) is 10.9 Å². The van der Waals surface area contributed by atoms with Crippen LogP contribution in [0.2, 0.25) is 0 Å². The molecule has 1 amide bonds. The van der Waals surface area contributed by atoms with Gasteiger partial charge >= 0.3 is 0 Å². The highest BCUT2D eigenvalue weighted by molar-refractivity contribution is 5.87. The third-order valence-electron chi connectivity index (χ3n) is 4.79. The largest absolute Gasteiger partial charge is 0.490 e. The van der Waals surface area contributed by atoms with E-state index in [4.69, 9.17) is 9.47 Å². The molecule has 6 heteroatoms. The molecule has 0 bridgehead atoms. The Balaban J connectivity index is 1.79. The number of amides is 1. The molecule has 0 saturated heterocycles. The second kappa shape index (κ2) is 9.45. The van der Waals surface area contributed by atoms with Crippen molar-refractivity contribution in [2.75, 3.05) is 13.2 Å². The maximum absolute atomic E-state index is 12.8. The van der Waals surface area contributed by atoms with E-state index in [1.165, 1.54) is 0 Å². The number of aromatic amines is 1. The molecule has 2 N–H and O–H groups in total. The summed E-state index contributed by atoms with van der Waals surface area (Å²) in [6.07, 6.45) is 0.249. The van der Waals surface area contributed by atoms with Crippen molar-refractivity contribution in [3.8, 4) is 11.5 Å². The molecule has 1 unspecified atom stereocenters. The second-order valence-electron chi connectivity index (χ2n) is 7.26. The number of carbonyl (C=O) groups excluding carboxylic acids is 1. The first-order chi connectivity index (χ1) is 14.0. The van der Waals surface area contributed by atoms with E-state index in [-0.39, 0.29) is 24.3 Å². The lowest BCUT2D eigenvalue weighted by Gasteiger charge is -2.24. The average molecular weight is 396 g/mol. The molecule has 29 heavy (non-hydrogen) atoms. The zero-order valence-electron chi connectivity index (χ0n) is 17.5. The minimum absolute atomic E-state index is 0.0510. The summed E-state index contributed by atoms with van der Waals surface area (Å²) in [5.41, 5.74) is 2.68. The van der Waals surface area contributed by atoms with E-state index in [1.807, 2.05) is 56.3 Å². The molecule has 1 aromatic heterocycles. The van der Waals surface area contributed by atoms with Gasteiger partial charge in [-0.3, -0.25) is 9.89 Å². The summed E-state index contributed by atoms with van der Waals surface area (Å²) in [4.78, 5) is 12.8. The molecule has 0 aliphatic carbocycles. The summed E-state index contributed by atoms with van der Waals surface area (Å²) < 4.78 is 11.4. The number of ether oxygens (including phenoxy) is 2. The fourth-order valence-corrected chi connectivity index (χ4v) is 3.43. The number of aromatic nitrogens is 2. The van der Waals surface area contributed by atoms with Crippen molar-refractivity contribution in [3.63, 3.8) is 0 Å².